The largest absolute Gasteiger partial charge is 0.481 e. The maximum absolute atomic E-state index is 11.6. The summed E-state index contributed by atoms with van der Waals surface area (Å²) in [5.41, 5.74) is 0. The lowest BCUT2D eigenvalue weighted by atomic mass is 9.86. The second kappa shape index (κ2) is 8.85. The predicted molar refractivity (Wildman–Crippen MR) is 77.4 cm³/mol. The molecule has 1 rings (SSSR count). The highest BCUT2D eigenvalue weighted by atomic mass is 32.2. The molecule has 3 N–H and O–H groups in total. The van der Waals surface area contributed by atoms with Crippen LogP contribution in [0, 0.1) is 5.92 Å². The SMILES string of the molecule is C=CCSCCNC(=O)NC1CCCC(C(=O)O)C1. The highest BCUT2D eigenvalue weighted by Crippen LogP contribution is 2.24. The Kier molecular flexibility index (Phi) is 7.40. The Labute approximate surface area is 118 Å². The zero-order valence-corrected chi connectivity index (χ0v) is 11.9. The number of urea groups is 1. The van der Waals surface area contributed by atoms with E-state index in [9.17, 15) is 9.59 Å². The van der Waals surface area contributed by atoms with E-state index in [0.29, 0.717) is 19.4 Å². The number of carbonyl (C=O) groups excluding carboxylic acids is 1. The van der Waals surface area contributed by atoms with E-state index in [2.05, 4.69) is 17.2 Å². The van der Waals surface area contributed by atoms with Crippen molar-refractivity contribution in [1.82, 2.24) is 10.6 Å². The van der Waals surface area contributed by atoms with Crippen LogP contribution in [0.1, 0.15) is 25.7 Å². The van der Waals surface area contributed by atoms with E-state index < -0.39 is 5.97 Å². The van der Waals surface area contributed by atoms with Crippen molar-refractivity contribution < 1.29 is 14.7 Å². The number of carboxylic acids is 1. The minimum atomic E-state index is -0.757. The molecule has 0 saturated heterocycles. The van der Waals surface area contributed by atoms with E-state index in [1.54, 1.807) is 11.8 Å². The maximum atomic E-state index is 11.6. The quantitative estimate of drug-likeness (QED) is 0.493. The van der Waals surface area contributed by atoms with Gasteiger partial charge in [-0.25, -0.2) is 4.79 Å². The molecule has 2 atom stereocenters. The van der Waals surface area contributed by atoms with Crippen LogP contribution in [-0.4, -0.2) is 41.2 Å². The third-order valence-electron chi connectivity index (χ3n) is 3.13. The van der Waals surface area contributed by atoms with Gasteiger partial charge in [0, 0.05) is 24.1 Å². The van der Waals surface area contributed by atoms with Crippen molar-refractivity contribution in [2.75, 3.05) is 18.1 Å². The van der Waals surface area contributed by atoms with Crippen molar-refractivity contribution in [2.24, 2.45) is 5.92 Å². The van der Waals surface area contributed by atoms with Crippen LogP contribution >= 0.6 is 11.8 Å². The number of amides is 2. The molecule has 2 unspecified atom stereocenters. The van der Waals surface area contributed by atoms with Gasteiger partial charge in [0.2, 0.25) is 0 Å². The van der Waals surface area contributed by atoms with Crippen LogP contribution in [-0.2, 0) is 4.79 Å². The normalized spacial score (nSPS) is 22.5. The Hall–Kier alpha value is -1.17. The first-order valence-electron chi connectivity index (χ1n) is 6.59. The molecule has 108 valence electrons. The Morgan fingerprint density at radius 1 is 1.42 bits per heavy atom. The van der Waals surface area contributed by atoms with Gasteiger partial charge in [0.05, 0.1) is 5.92 Å². The van der Waals surface area contributed by atoms with E-state index in [4.69, 9.17) is 5.11 Å². The number of carbonyl (C=O) groups is 2. The Morgan fingerprint density at radius 3 is 2.89 bits per heavy atom. The molecule has 1 aliphatic rings. The van der Waals surface area contributed by atoms with Crippen molar-refractivity contribution in [3.05, 3.63) is 12.7 Å². The van der Waals surface area contributed by atoms with E-state index in [1.165, 1.54) is 0 Å². The average molecular weight is 286 g/mol. The van der Waals surface area contributed by atoms with E-state index in [1.807, 2.05) is 6.08 Å². The summed E-state index contributed by atoms with van der Waals surface area (Å²) in [4.78, 5) is 22.5. The van der Waals surface area contributed by atoms with Crippen LogP contribution in [0.5, 0.6) is 0 Å². The van der Waals surface area contributed by atoms with Crippen LogP contribution in [0.15, 0.2) is 12.7 Å². The second-order valence-corrected chi connectivity index (χ2v) is 5.81. The van der Waals surface area contributed by atoms with Gasteiger partial charge in [0.15, 0.2) is 0 Å². The van der Waals surface area contributed by atoms with Crippen molar-refractivity contribution in [1.29, 1.82) is 0 Å². The summed E-state index contributed by atoms with van der Waals surface area (Å²) in [5, 5.41) is 14.6. The Balaban J connectivity index is 2.17. The van der Waals surface area contributed by atoms with E-state index in [0.717, 1.165) is 24.3 Å². The zero-order chi connectivity index (χ0) is 14.1. The average Bonchev–Trinajstić information content (AvgIpc) is 2.38. The molecule has 2 amide bonds. The van der Waals surface area contributed by atoms with E-state index >= 15 is 0 Å². The molecule has 19 heavy (non-hydrogen) atoms. The molecule has 1 aliphatic carbocycles. The van der Waals surface area contributed by atoms with Crippen molar-refractivity contribution in [3.8, 4) is 0 Å². The predicted octanol–water partition coefficient (Wildman–Crippen LogP) is 1.85. The van der Waals surface area contributed by atoms with Crippen LogP contribution in [0.25, 0.3) is 0 Å². The van der Waals surface area contributed by atoms with Crippen LogP contribution in [0.3, 0.4) is 0 Å². The van der Waals surface area contributed by atoms with Gasteiger partial charge >= 0.3 is 12.0 Å². The first kappa shape index (κ1) is 15.9. The highest BCUT2D eigenvalue weighted by Gasteiger charge is 2.27. The molecule has 0 spiro atoms. The summed E-state index contributed by atoms with van der Waals surface area (Å²) in [7, 11) is 0. The fraction of sp³-hybridized carbons (Fsp3) is 0.692. The molecule has 6 heteroatoms. The lowest BCUT2D eigenvalue weighted by molar-refractivity contribution is -0.143. The fourth-order valence-electron chi connectivity index (χ4n) is 2.19. The summed E-state index contributed by atoms with van der Waals surface area (Å²) in [6.07, 6.45) is 4.81. The Bertz CT molecular complexity index is 323. The molecule has 0 heterocycles. The first-order chi connectivity index (χ1) is 9.13. The van der Waals surface area contributed by atoms with Crippen LogP contribution in [0.4, 0.5) is 4.79 Å². The highest BCUT2D eigenvalue weighted by molar-refractivity contribution is 7.99. The zero-order valence-electron chi connectivity index (χ0n) is 11.1. The minimum absolute atomic E-state index is 0.0179. The van der Waals surface area contributed by atoms with Gasteiger partial charge in [-0.15, -0.1) is 6.58 Å². The fourth-order valence-corrected chi connectivity index (χ4v) is 2.76. The van der Waals surface area contributed by atoms with Crippen LogP contribution in [0.2, 0.25) is 0 Å². The number of hydrogen-bond acceptors (Lipinski definition) is 3. The summed E-state index contributed by atoms with van der Waals surface area (Å²) >= 11 is 1.71. The summed E-state index contributed by atoms with van der Waals surface area (Å²) in [6.45, 7) is 4.23. The lowest BCUT2D eigenvalue weighted by Crippen LogP contribution is -2.45. The molecule has 1 saturated carbocycles. The molecule has 5 nitrogen and oxygen atoms in total. The van der Waals surface area contributed by atoms with Gasteiger partial charge in [-0.3, -0.25) is 4.79 Å². The maximum Gasteiger partial charge on any atom is 0.315 e. The minimum Gasteiger partial charge on any atom is -0.481 e. The Morgan fingerprint density at radius 2 is 2.21 bits per heavy atom. The molecule has 0 bridgehead atoms. The number of hydrogen-bond donors (Lipinski definition) is 3. The standard InChI is InChI=1S/C13H22N2O3S/c1-2-7-19-8-6-14-13(18)15-11-5-3-4-10(9-11)12(16)17/h2,10-11H,1,3-9H2,(H,16,17)(H2,14,15,18). The molecule has 0 radical (unpaired) electrons. The van der Waals surface area contributed by atoms with Gasteiger partial charge in [-0.05, 0) is 19.3 Å². The van der Waals surface area contributed by atoms with Gasteiger partial charge in [-0.1, -0.05) is 12.5 Å². The first-order valence-corrected chi connectivity index (χ1v) is 7.74. The number of rotatable bonds is 7. The van der Waals surface area contributed by atoms with Crippen molar-refractivity contribution in [3.63, 3.8) is 0 Å². The molecule has 0 aromatic carbocycles. The van der Waals surface area contributed by atoms with Gasteiger partial charge in [0.1, 0.15) is 0 Å². The van der Waals surface area contributed by atoms with Crippen LogP contribution < -0.4 is 10.6 Å². The van der Waals surface area contributed by atoms with Crippen molar-refractivity contribution >= 4 is 23.8 Å². The lowest BCUT2D eigenvalue weighted by Gasteiger charge is -2.27. The smallest absolute Gasteiger partial charge is 0.315 e. The third-order valence-corrected chi connectivity index (χ3v) is 4.09. The molecule has 0 aromatic heterocycles. The monoisotopic (exact) mass is 286 g/mol. The summed E-state index contributed by atoms with van der Waals surface area (Å²) < 4.78 is 0. The number of thioether (sulfide) groups is 1. The van der Waals surface area contributed by atoms with Gasteiger partial charge in [-0.2, -0.15) is 11.8 Å². The third kappa shape index (κ3) is 6.52. The number of nitrogens with one attached hydrogen (secondary N) is 2. The second-order valence-electron chi connectivity index (χ2n) is 4.66. The number of aliphatic carboxylic acids is 1. The molecular formula is C13H22N2O3S. The molecule has 0 aromatic rings. The van der Waals surface area contributed by atoms with Gasteiger partial charge in [0.25, 0.3) is 0 Å². The molecular weight excluding hydrogens is 264 g/mol. The topological polar surface area (TPSA) is 78.4 Å². The van der Waals surface area contributed by atoms with Crippen molar-refractivity contribution in [2.45, 2.75) is 31.7 Å². The molecule has 1 fully saturated rings. The summed E-state index contributed by atoms with van der Waals surface area (Å²) in [5.74, 6) is 0.656. The summed E-state index contributed by atoms with van der Waals surface area (Å²) in [6, 6.07) is -0.217. The van der Waals surface area contributed by atoms with E-state index in [-0.39, 0.29) is 18.0 Å². The van der Waals surface area contributed by atoms with Gasteiger partial charge < -0.3 is 15.7 Å². The number of carboxylic acid groups (broad SMARTS) is 1. The molecule has 0 aliphatic heterocycles.